The summed E-state index contributed by atoms with van der Waals surface area (Å²) in [5, 5.41) is 10.0. The molecule has 4 heteroatoms. The number of aliphatic hydroxyl groups excluding tert-OH is 1. The van der Waals surface area contributed by atoms with E-state index in [1.807, 2.05) is 12.1 Å². The topological polar surface area (TPSA) is 49.8 Å². The summed E-state index contributed by atoms with van der Waals surface area (Å²) < 4.78 is 5.60. The number of aliphatic hydroxyl groups is 1. The highest BCUT2D eigenvalue weighted by atomic mass is 16.5. The van der Waals surface area contributed by atoms with Crippen molar-refractivity contribution in [1.82, 2.24) is 4.90 Å². The van der Waals surface area contributed by atoms with Crippen molar-refractivity contribution >= 4 is 5.78 Å². The molecule has 1 fully saturated rings. The number of hydrogen-bond acceptors (Lipinski definition) is 4. The number of piperidine rings is 1. The second-order valence-electron chi connectivity index (χ2n) is 5.38. The van der Waals surface area contributed by atoms with Crippen molar-refractivity contribution in [3.8, 4) is 5.75 Å². The van der Waals surface area contributed by atoms with E-state index < -0.39 is 6.10 Å². The van der Waals surface area contributed by atoms with Crippen LogP contribution in [0, 0.1) is 0 Å². The first-order chi connectivity index (χ1) is 9.66. The minimum Gasteiger partial charge on any atom is -0.490 e. The van der Waals surface area contributed by atoms with E-state index in [9.17, 15) is 9.90 Å². The molecule has 20 heavy (non-hydrogen) atoms. The lowest BCUT2D eigenvalue weighted by molar-refractivity contribution is 0.0611. The lowest BCUT2D eigenvalue weighted by atomic mass is 10.1. The zero-order valence-corrected chi connectivity index (χ0v) is 12.0. The zero-order valence-electron chi connectivity index (χ0n) is 12.0. The molecular formula is C16H23NO3. The smallest absolute Gasteiger partial charge is 0.163 e. The molecule has 1 aliphatic heterocycles. The number of rotatable bonds is 6. The van der Waals surface area contributed by atoms with E-state index in [1.54, 1.807) is 12.1 Å². The standard InChI is InChI=1S/C16H23NO3/c1-13(18)15-7-3-4-8-16(15)20-12-14(19)11-17-9-5-2-6-10-17/h3-4,7-8,14,19H,2,5-6,9-12H2,1H3/t14-/m0/s1. The minimum absolute atomic E-state index is 0.0221. The highest BCUT2D eigenvalue weighted by Gasteiger charge is 2.16. The van der Waals surface area contributed by atoms with Gasteiger partial charge in [-0.15, -0.1) is 0 Å². The Morgan fingerprint density at radius 3 is 2.70 bits per heavy atom. The Kier molecular flexibility index (Phi) is 5.56. The molecular weight excluding hydrogens is 254 g/mol. The summed E-state index contributed by atoms with van der Waals surface area (Å²) in [7, 11) is 0. The van der Waals surface area contributed by atoms with Crippen LogP contribution in [-0.4, -0.2) is 48.1 Å². The third-order valence-corrected chi connectivity index (χ3v) is 3.62. The quantitative estimate of drug-likeness (QED) is 0.809. The fourth-order valence-electron chi connectivity index (χ4n) is 2.56. The highest BCUT2D eigenvalue weighted by molar-refractivity contribution is 5.96. The monoisotopic (exact) mass is 277 g/mol. The van der Waals surface area contributed by atoms with Gasteiger partial charge < -0.3 is 14.7 Å². The van der Waals surface area contributed by atoms with Crippen LogP contribution in [0.25, 0.3) is 0 Å². The van der Waals surface area contributed by atoms with E-state index in [0.29, 0.717) is 17.9 Å². The van der Waals surface area contributed by atoms with E-state index in [0.717, 1.165) is 13.1 Å². The maximum atomic E-state index is 11.5. The Labute approximate surface area is 120 Å². The van der Waals surface area contributed by atoms with Gasteiger partial charge in [0.25, 0.3) is 0 Å². The summed E-state index contributed by atoms with van der Waals surface area (Å²) in [6.07, 6.45) is 3.18. The van der Waals surface area contributed by atoms with E-state index in [4.69, 9.17) is 4.74 Å². The molecule has 0 aliphatic carbocycles. The molecule has 2 rings (SSSR count). The second-order valence-corrected chi connectivity index (χ2v) is 5.38. The summed E-state index contributed by atoms with van der Waals surface area (Å²) in [4.78, 5) is 13.7. The molecule has 110 valence electrons. The lowest BCUT2D eigenvalue weighted by Gasteiger charge is -2.28. The largest absolute Gasteiger partial charge is 0.490 e. The highest BCUT2D eigenvalue weighted by Crippen LogP contribution is 2.18. The van der Waals surface area contributed by atoms with Crippen molar-refractivity contribution in [2.45, 2.75) is 32.3 Å². The van der Waals surface area contributed by atoms with E-state index >= 15 is 0 Å². The molecule has 0 saturated carbocycles. The first kappa shape index (κ1) is 15.0. The first-order valence-electron chi connectivity index (χ1n) is 7.30. The summed E-state index contributed by atoms with van der Waals surface area (Å²) in [6, 6.07) is 7.16. The van der Waals surface area contributed by atoms with Gasteiger partial charge in [-0.25, -0.2) is 0 Å². The normalized spacial score (nSPS) is 17.7. The van der Waals surface area contributed by atoms with Gasteiger partial charge in [0, 0.05) is 6.54 Å². The van der Waals surface area contributed by atoms with E-state index in [-0.39, 0.29) is 12.4 Å². The molecule has 0 radical (unpaired) electrons. The fourth-order valence-corrected chi connectivity index (χ4v) is 2.56. The van der Waals surface area contributed by atoms with Gasteiger partial charge in [-0.3, -0.25) is 4.79 Å². The number of Topliss-reactive ketones (excluding diaryl/α,β-unsaturated/α-hetero) is 1. The number of benzene rings is 1. The molecule has 1 aromatic rings. The van der Waals surface area contributed by atoms with Gasteiger partial charge in [-0.05, 0) is 45.0 Å². The molecule has 1 aliphatic rings. The number of ether oxygens (including phenoxy) is 1. The number of carbonyl (C=O) groups excluding carboxylic acids is 1. The van der Waals surface area contributed by atoms with Gasteiger partial charge in [0.1, 0.15) is 18.5 Å². The average Bonchev–Trinajstić information content (AvgIpc) is 2.46. The van der Waals surface area contributed by atoms with Gasteiger partial charge in [0.05, 0.1) is 5.56 Å². The minimum atomic E-state index is -0.520. The van der Waals surface area contributed by atoms with Crippen molar-refractivity contribution in [2.75, 3.05) is 26.2 Å². The van der Waals surface area contributed by atoms with Crippen LogP contribution in [0.4, 0.5) is 0 Å². The van der Waals surface area contributed by atoms with Crippen LogP contribution in [0.5, 0.6) is 5.75 Å². The van der Waals surface area contributed by atoms with Crippen molar-refractivity contribution in [3.63, 3.8) is 0 Å². The summed E-state index contributed by atoms with van der Waals surface area (Å²) >= 11 is 0. The van der Waals surface area contributed by atoms with Crippen LogP contribution in [0.15, 0.2) is 24.3 Å². The number of ketones is 1. The zero-order chi connectivity index (χ0) is 14.4. The Morgan fingerprint density at radius 2 is 2.00 bits per heavy atom. The summed E-state index contributed by atoms with van der Waals surface area (Å²) in [5.74, 6) is 0.531. The van der Waals surface area contributed by atoms with Crippen LogP contribution in [0.3, 0.4) is 0 Å². The predicted molar refractivity (Wildman–Crippen MR) is 78.2 cm³/mol. The van der Waals surface area contributed by atoms with Crippen molar-refractivity contribution in [3.05, 3.63) is 29.8 Å². The number of carbonyl (C=O) groups is 1. The van der Waals surface area contributed by atoms with Crippen molar-refractivity contribution in [1.29, 1.82) is 0 Å². The molecule has 0 spiro atoms. The molecule has 0 aromatic heterocycles. The molecule has 1 saturated heterocycles. The number of para-hydroxylation sites is 1. The Bertz CT molecular complexity index is 441. The van der Waals surface area contributed by atoms with Gasteiger partial charge in [0.15, 0.2) is 5.78 Å². The molecule has 1 atom stereocenters. The van der Waals surface area contributed by atoms with E-state index in [1.165, 1.54) is 26.2 Å². The number of nitrogens with zero attached hydrogens (tertiary/aromatic N) is 1. The molecule has 1 heterocycles. The number of hydrogen-bond donors (Lipinski definition) is 1. The number of β-amino-alcohol motifs (C(OH)–C–C–N with tert-alkyl or cyclic N) is 1. The summed E-state index contributed by atoms with van der Waals surface area (Å²) in [5.41, 5.74) is 0.567. The van der Waals surface area contributed by atoms with Gasteiger partial charge >= 0.3 is 0 Å². The van der Waals surface area contributed by atoms with Gasteiger partial charge in [0.2, 0.25) is 0 Å². The molecule has 0 bridgehead atoms. The predicted octanol–water partition coefficient (Wildman–Crippen LogP) is 2.11. The van der Waals surface area contributed by atoms with Crippen LogP contribution >= 0.6 is 0 Å². The van der Waals surface area contributed by atoms with Gasteiger partial charge in [-0.2, -0.15) is 0 Å². The molecule has 1 aromatic carbocycles. The van der Waals surface area contributed by atoms with Gasteiger partial charge in [-0.1, -0.05) is 18.6 Å². The Hall–Kier alpha value is -1.39. The van der Waals surface area contributed by atoms with Crippen molar-refractivity contribution < 1.29 is 14.6 Å². The van der Waals surface area contributed by atoms with Crippen molar-refractivity contribution in [2.24, 2.45) is 0 Å². The maximum Gasteiger partial charge on any atom is 0.163 e. The second kappa shape index (κ2) is 7.41. The Morgan fingerprint density at radius 1 is 1.30 bits per heavy atom. The first-order valence-corrected chi connectivity index (χ1v) is 7.30. The average molecular weight is 277 g/mol. The Balaban J connectivity index is 1.83. The molecule has 0 amide bonds. The lowest BCUT2D eigenvalue weighted by Crippen LogP contribution is -2.38. The van der Waals surface area contributed by atoms with Crippen LogP contribution in [0.2, 0.25) is 0 Å². The third kappa shape index (κ3) is 4.32. The SMILES string of the molecule is CC(=O)c1ccccc1OC[C@@H](O)CN1CCCCC1. The van der Waals surface area contributed by atoms with E-state index in [2.05, 4.69) is 4.90 Å². The molecule has 0 unspecified atom stereocenters. The molecule has 1 N–H and O–H groups in total. The maximum absolute atomic E-state index is 11.5. The third-order valence-electron chi connectivity index (χ3n) is 3.62. The summed E-state index contributed by atoms with van der Waals surface area (Å²) in [6.45, 7) is 4.50. The van der Waals surface area contributed by atoms with Crippen LogP contribution in [0.1, 0.15) is 36.5 Å². The number of likely N-dealkylation sites (tertiary alicyclic amines) is 1. The fraction of sp³-hybridized carbons (Fsp3) is 0.562. The van der Waals surface area contributed by atoms with Crippen LogP contribution in [-0.2, 0) is 0 Å². The van der Waals surface area contributed by atoms with Crippen LogP contribution < -0.4 is 4.74 Å². The molecule has 4 nitrogen and oxygen atoms in total.